The third kappa shape index (κ3) is 4.01. The first kappa shape index (κ1) is 19.6. The predicted octanol–water partition coefficient (Wildman–Crippen LogP) is 5.21. The zero-order valence-electron chi connectivity index (χ0n) is 17.1. The Balaban J connectivity index is 1.51. The number of fused-ring (bicyclic) bond motifs is 1. The van der Waals surface area contributed by atoms with E-state index in [-0.39, 0.29) is 11.5 Å². The predicted molar refractivity (Wildman–Crippen MR) is 114 cm³/mol. The zero-order valence-corrected chi connectivity index (χ0v) is 17.1. The van der Waals surface area contributed by atoms with E-state index in [1.165, 1.54) is 5.56 Å². The Morgan fingerprint density at radius 3 is 2.40 bits per heavy atom. The Morgan fingerprint density at radius 1 is 0.900 bits per heavy atom. The Hall–Kier alpha value is -3.73. The van der Waals surface area contributed by atoms with Crippen molar-refractivity contribution in [3.05, 3.63) is 88.7 Å². The number of Topliss-reactive ketones (excluding diaryl/α,β-unsaturated/α-hetero) is 1. The minimum Gasteiger partial charge on any atom is -0.493 e. The standard InChI is InChI=1S/C25H22O5/c1-16-4-6-17(7-5-16)15-29-19-9-10-20-22(14-19)30-24(25(20)26)13-18-8-11-21(27-2)23(12-18)28-3/h4-14H,15H2,1-3H3. The van der Waals surface area contributed by atoms with Crippen LogP contribution < -0.4 is 18.9 Å². The SMILES string of the molecule is COc1ccc(C=C2Oc3cc(OCc4ccc(C)cc4)ccc3C2=O)cc1OC. The summed E-state index contributed by atoms with van der Waals surface area (Å²) in [6.07, 6.45) is 1.69. The molecule has 0 radical (unpaired) electrons. The maximum Gasteiger partial charge on any atom is 0.231 e. The molecule has 0 unspecified atom stereocenters. The Labute approximate surface area is 175 Å². The van der Waals surface area contributed by atoms with E-state index < -0.39 is 0 Å². The maximum atomic E-state index is 12.7. The topological polar surface area (TPSA) is 54.0 Å². The monoisotopic (exact) mass is 402 g/mol. The fourth-order valence-electron chi connectivity index (χ4n) is 3.20. The summed E-state index contributed by atoms with van der Waals surface area (Å²) < 4.78 is 22.2. The fraction of sp³-hybridized carbons (Fsp3) is 0.160. The molecule has 4 rings (SSSR count). The second-order valence-corrected chi connectivity index (χ2v) is 6.99. The molecule has 0 saturated carbocycles. The molecule has 0 atom stereocenters. The molecule has 0 bridgehead atoms. The number of carbonyl (C=O) groups excluding carboxylic acids is 1. The first-order chi connectivity index (χ1) is 14.6. The molecule has 152 valence electrons. The van der Waals surface area contributed by atoms with Crippen LogP contribution in [0, 0.1) is 6.92 Å². The van der Waals surface area contributed by atoms with E-state index in [1.54, 1.807) is 50.6 Å². The average Bonchev–Trinajstić information content (AvgIpc) is 3.07. The maximum absolute atomic E-state index is 12.7. The summed E-state index contributed by atoms with van der Waals surface area (Å²) in [5.74, 6) is 2.44. The van der Waals surface area contributed by atoms with Crippen LogP contribution in [-0.2, 0) is 6.61 Å². The molecule has 0 N–H and O–H groups in total. The van der Waals surface area contributed by atoms with E-state index in [2.05, 4.69) is 0 Å². The largest absolute Gasteiger partial charge is 0.493 e. The van der Waals surface area contributed by atoms with Crippen molar-refractivity contribution in [3.63, 3.8) is 0 Å². The van der Waals surface area contributed by atoms with E-state index in [4.69, 9.17) is 18.9 Å². The van der Waals surface area contributed by atoms with Gasteiger partial charge in [0.2, 0.25) is 5.78 Å². The van der Waals surface area contributed by atoms with Gasteiger partial charge in [-0.05, 0) is 48.4 Å². The molecule has 0 saturated heterocycles. The molecule has 0 spiro atoms. The van der Waals surface area contributed by atoms with Gasteiger partial charge in [0.1, 0.15) is 18.1 Å². The number of hydrogen-bond donors (Lipinski definition) is 0. The quantitative estimate of drug-likeness (QED) is 0.530. The van der Waals surface area contributed by atoms with Crippen molar-refractivity contribution in [2.45, 2.75) is 13.5 Å². The van der Waals surface area contributed by atoms with Crippen molar-refractivity contribution in [1.82, 2.24) is 0 Å². The Morgan fingerprint density at radius 2 is 1.67 bits per heavy atom. The van der Waals surface area contributed by atoms with Crippen molar-refractivity contribution in [2.24, 2.45) is 0 Å². The van der Waals surface area contributed by atoms with Gasteiger partial charge in [-0.1, -0.05) is 35.9 Å². The molecule has 0 amide bonds. The van der Waals surface area contributed by atoms with Gasteiger partial charge in [0, 0.05) is 6.07 Å². The molecule has 30 heavy (non-hydrogen) atoms. The molecule has 5 heteroatoms. The summed E-state index contributed by atoms with van der Waals surface area (Å²) in [5.41, 5.74) is 3.58. The lowest BCUT2D eigenvalue weighted by atomic mass is 10.1. The van der Waals surface area contributed by atoms with Crippen molar-refractivity contribution in [2.75, 3.05) is 14.2 Å². The Bertz CT molecular complexity index is 1110. The second-order valence-electron chi connectivity index (χ2n) is 6.99. The van der Waals surface area contributed by atoms with Crippen molar-refractivity contribution in [1.29, 1.82) is 0 Å². The van der Waals surface area contributed by atoms with Gasteiger partial charge < -0.3 is 18.9 Å². The second kappa shape index (κ2) is 8.33. The number of hydrogen-bond acceptors (Lipinski definition) is 5. The molecule has 0 fully saturated rings. The van der Waals surface area contributed by atoms with Crippen molar-refractivity contribution >= 4 is 11.9 Å². The molecule has 1 aliphatic rings. The van der Waals surface area contributed by atoms with E-state index in [0.717, 1.165) is 11.1 Å². The number of ether oxygens (including phenoxy) is 4. The van der Waals surface area contributed by atoms with Gasteiger partial charge in [-0.2, -0.15) is 0 Å². The molecular weight excluding hydrogens is 380 g/mol. The smallest absolute Gasteiger partial charge is 0.231 e. The van der Waals surface area contributed by atoms with Gasteiger partial charge in [0.05, 0.1) is 19.8 Å². The van der Waals surface area contributed by atoms with Crippen LogP contribution in [0.5, 0.6) is 23.0 Å². The Kier molecular flexibility index (Phi) is 5.44. The normalized spacial score (nSPS) is 13.7. The lowest BCUT2D eigenvalue weighted by Gasteiger charge is -2.08. The van der Waals surface area contributed by atoms with Crippen LogP contribution in [0.25, 0.3) is 6.08 Å². The highest BCUT2D eigenvalue weighted by Gasteiger charge is 2.27. The third-order valence-corrected chi connectivity index (χ3v) is 4.87. The van der Waals surface area contributed by atoms with E-state index >= 15 is 0 Å². The highest BCUT2D eigenvalue weighted by molar-refractivity contribution is 6.14. The fourth-order valence-corrected chi connectivity index (χ4v) is 3.20. The highest BCUT2D eigenvalue weighted by Crippen LogP contribution is 2.36. The van der Waals surface area contributed by atoms with Crippen LogP contribution in [0.3, 0.4) is 0 Å². The molecule has 3 aromatic carbocycles. The molecule has 0 aromatic heterocycles. The molecular formula is C25H22O5. The summed E-state index contributed by atoms with van der Waals surface area (Å²) in [7, 11) is 3.15. The van der Waals surface area contributed by atoms with Crippen molar-refractivity contribution < 1.29 is 23.7 Å². The summed E-state index contributed by atoms with van der Waals surface area (Å²) >= 11 is 0. The molecule has 3 aromatic rings. The zero-order chi connectivity index (χ0) is 21.1. The van der Waals surface area contributed by atoms with Crippen molar-refractivity contribution in [3.8, 4) is 23.0 Å². The van der Waals surface area contributed by atoms with Crippen LogP contribution in [0.4, 0.5) is 0 Å². The minimum absolute atomic E-state index is 0.162. The first-order valence-corrected chi connectivity index (χ1v) is 9.56. The molecule has 5 nitrogen and oxygen atoms in total. The van der Waals surface area contributed by atoms with Gasteiger partial charge in [-0.25, -0.2) is 0 Å². The highest BCUT2D eigenvalue weighted by atomic mass is 16.5. The number of ketones is 1. The summed E-state index contributed by atoms with van der Waals surface area (Å²) in [5, 5.41) is 0. The summed E-state index contributed by atoms with van der Waals surface area (Å²) in [6.45, 7) is 2.49. The molecule has 1 heterocycles. The number of rotatable bonds is 6. The van der Waals surface area contributed by atoms with E-state index in [9.17, 15) is 4.79 Å². The first-order valence-electron chi connectivity index (χ1n) is 9.56. The average molecular weight is 402 g/mol. The van der Waals surface area contributed by atoms with E-state index in [1.807, 2.05) is 37.3 Å². The van der Waals surface area contributed by atoms with Crippen LogP contribution in [-0.4, -0.2) is 20.0 Å². The summed E-state index contributed by atoms with van der Waals surface area (Å²) in [6, 6.07) is 18.9. The third-order valence-electron chi connectivity index (χ3n) is 4.87. The van der Waals surface area contributed by atoms with Gasteiger partial charge in [-0.3, -0.25) is 4.79 Å². The number of benzene rings is 3. The van der Waals surface area contributed by atoms with E-state index in [0.29, 0.717) is 35.2 Å². The minimum atomic E-state index is -0.162. The molecule has 1 aliphatic heterocycles. The number of allylic oxidation sites excluding steroid dienone is 1. The van der Waals surface area contributed by atoms with Gasteiger partial charge in [-0.15, -0.1) is 0 Å². The van der Waals surface area contributed by atoms with Crippen LogP contribution in [0.15, 0.2) is 66.4 Å². The van der Waals surface area contributed by atoms with Gasteiger partial charge >= 0.3 is 0 Å². The summed E-state index contributed by atoms with van der Waals surface area (Å²) in [4.78, 5) is 12.7. The van der Waals surface area contributed by atoms with Crippen LogP contribution in [0.2, 0.25) is 0 Å². The number of methoxy groups -OCH3 is 2. The number of carbonyl (C=O) groups is 1. The van der Waals surface area contributed by atoms with Crippen LogP contribution >= 0.6 is 0 Å². The van der Waals surface area contributed by atoms with Crippen LogP contribution in [0.1, 0.15) is 27.0 Å². The van der Waals surface area contributed by atoms with Gasteiger partial charge in [0.15, 0.2) is 17.3 Å². The van der Waals surface area contributed by atoms with Gasteiger partial charge in [0.25, 0.3) is 0 Å². The molecule has 0 aliphatic carbocycles. The number of aryl methyl sites for hydroxylation is 1. The lowest BCUT2D eigenvalue weighted by Crippen LogP contribution is -1.98. The lowest BCUT2D eigenvalue weighted by molar-refractivity contribution is 0.101.